The summed E-state index contributed by atoms with van der Waals surface area (Å²) in [5.74, 6) is -0.0211. The van der Waals surface area contributed by atoms with Crippen LogP contribution in [-0.2, 0) is 9.59 Å². The van der Waals surface area contributed by atoms with Gasteiger partial charge in [0, 0.05) is 18.4 Å². The maximum atomic E-state index is 12.3. The van der Waals surface area contributed by atoms with Crippen molar-refractivity contribution in [3.05, 3.63) is 30.6 Å². The normalized spacial score (nSPS) is 17.8. The van der Waals surface area contributed by atoms with Gasteiger partial charge in [-0.15, -0.1) is 0 Å². The standard InChI is InChI=1S/C14H13N7O2/c22-11-5-8(13(23)17-14-15-7-16-20-14)6-21(11)12-9-3-1-2-4-10(9)18-19-12/h1-4,7-8H,5-6H2,(H,18,19)(H2,15,16,17,20,23)/t8-/m1/s1. The van der Waals surface area contributed by atoms with Gasteiger partial charge in [-0.2, -0.15) is 15.2 Å². The molecule has 0 bridgehead atoms. The van der Waals surface area contributed by atoms with Crippen LogP contribution in [0.2, 0.25) is 0 Å². The fourth-order valence-electron chi connectivity index (χ4n) is 2.73. The lowest BCUT2D eigenvalue weighted by Gasteiger charge is -2.13. The number of hydrogen-bond donors (Lipinski definition) is 3. The molecule has 1 aliphatic rings. The van der Waals surface area contributed by atoms with Crippen LogP contribution in [0.4, 0.5) is 11.8 Å². The number of rotatable bonds is 3. The van der Waals surface area contributed by atoms with Crippen LogP contribution in [0.15, 0.2) is 30.6 Å². The van der Waals surface area contributed by atoms with Crippen molar-refractivity contribution in [2.75, 3.05) is 16.8 Å². The van der Waals surface area contributed by atoms with Gasteiger partial charge in [0.05, 0.1) is 11.4 Å². The smallest absolute Gasteiger partial charge is 0.232 e. The number of hydrogen-bond acceptors (Lipinski definition) is 5. The molecule has 3 aromatic rings. The number of carbonyl (C=O) groups is 2. The minimum absolute atomic E-state index is 0.125. The second kappa shape index (κ2) is 5.20. The summed E-state index contributed by atoms with van der Waals surface area (Å²) < 4.78 is 0. The number of H-pyrrole nitrogens is 2. The molecule has 3 heterocycles. The number of aromatic nitrogens is 5. The molecule has 1 aromatic carbocycles. The van der Waals surface area contributed by atoms with E-state index in [0.29, 0.717) is 5.82 Å². The number of amides is 2. The molecule has 1 aliphatic heterocycles. The Morgan fingerprint density at radius 2 is 2.17 bits per heavy atom. The highest BCUT2D eigenvalue weighted by Crippen LogP contribution is 2.29. The van der Waals surface area contributed by atoms with Crippen LogP contribution < -0.4 is 10.2 Å². The van der Waals surface area contributed by atoms with E-state index in [-0.39, 0.29) is 30.7 Å². The van der Waals surface area contributed by atoms with Crippen molar-refractivity contribution in [3.8, 4) is 0 Å². The Morgan fingerprint density at radius 1 is 1.30 bits per heavy atom. The predicted molar refractivity (Wildman–Crippen MR) is 81.6 cm³/mol. The number of aromatic amines is 2. The van der Waals surface area contributed by atoms with Gasteiger partial charge in [0.15, 0.2) is 5.82 Å². The van der Waals surface area contributed by atoms with Crippen molar-refractivity contribution in [1.82, 2.24) is 25.4 Å². The molecular formula is C14H13N7O2. The molecule has 0 radical (unpaired) electrons. The third-order valence-corrected chi connectivity index (χ3v) is 3.86. The summed E-state index contributed by atoms with van der Waals surface area (Å²) in [5.41, 5.74) is 0.852. The Kier molecular flexibility index (Phi) is 3.04. The fraction of sp³-hybridized carbons (Fsp3) is 0.214. The van der Waals surface area contributed by atoms with Gasteiger partial charge in [0.2, 0.25) is 17.8 Å². The number of benzene rings is 1. The van der Waals surface area contributed by atoms with Crippen molar-refractivity contribution < 1.29 is 9.59 Å². The largest absolute Gasteiger partial charge is 0.295 e. The first-order valence-corrected chi connectivity index (χ1v) is 7.12. The van der Waals surface area contributed by atoms with E-state index in [2.05, 4.69) is 30.7 Å². The number of fused-ring (bicyclic) bond motifs is 1. The lowest BCUT2D eigenvalue weighted by atomic mass is 10.1. The number of carbonyl (C=O) groups excluding carboxylic acids is 2. The zero-order valence-corrected chi connectivity index (χ0v) is 12.0. The van der Waals surface area contributed by atoms with E-state index >= 15 is 0 Å². The van der Waals surface area contributed by atoms with E-state index in [4.69, 9.17) is 0 Å². The first-order valence-electron chi connectivity index (χ1n) is 7.12. The molecule has 0 spiro atoms. The van der Waals surface area contributed by atoms with Crippen LogP contribution in [-0.4, -0.2) is 43.7 Å². The number of nitrogens with one attached hydrogen (secondary N) is 3. The van der Waals surface area contributed by atoms with Gasteiger partial charge in [-0.25, -0.2) is 5.10 Å². The summed E-state index contributed by atoms with van der Waals surface area (Å²) in [6, 6.07) is 7.56. The number of nitrogens with zero attached hydrogens (tertiary/aromatic N) is 4. The molecule has 1 fully saturated rings. The Balaban J connectivity index is 1.55. The zero-order chi connectivity index (χ0) is 15.8. The van der Waals surface area contributed by atoms with Gasteiger partial charge in [-0.1, -0.05) is 12.1 Å². The van der Waals surface area contributed by atoms with Gasteiger partial charge < -0.3 is 0 Å². The fourth-order valence-corrected chi connectivity index (χ4v) is 2.73. The maximum absolute atomic E-state index is 12.3. The highest BCUT2D eigenvalue weighted by atomic mass is 16.2. The Bertz CT molecular complexity index is 870. The van der Waals surface area contributed by atoms with E-state index in [1.807, 2.05) is 24.3 Å². The van der Waals surface area contributed by atoms with Crippen molar-refractivity contribution in [2.45, 2.75) is 6.42 Å². The van der Waals surface area contributed by atoms with Crippen molar-refractivity contribution in [3.63, 3.8) is 0 Å². The van der Waals surface area contributed by atoms with Crippen molar-refractivity contribution in [2.24, 2.45) is 5.92 Å². The van der Waals surface area contributed by atoms with Gasteiger partial charge in [-0.05, 0) is 12.1 Å². The average Bonchev–Trinajstić information content (AvgIpc) is 3.26. The molecule has 0 saturated carbocycles. The quantitative estimate of drug-likeness (QED) is 0.657. The van der Waals surface area contributed by atoms with Crippen LogP contribution in [0.1, 0.15) is 6.42 Å². The Hall–Kier alpha value is -3.23. The van der Waals surface area contributed by atoms with Crippen molar-refractivity contribution in [1.29, 1.82) is 0 Å². The third kappa shape index (κ3) is 2.31. The van der Waals surface area contributed by atoms with E-state index in [1.54, 1.807) is 4.90 Å². The highest BCUT2D eigenvalue weighted by molar-refractivity contribution is 6.06. The van der Waals surface area contributed by atoms with E-state index in [0.717, 1.165) is 10.9 Å². The third-order valence-electron chi connectivity index (χ3n) is 3.86. The Labute approximate surface area is 130 Å². The molecular weight excluding hydrogens is 298 g/mol. The summed E-state index contributed by atoms with van der Waals surface area (Å²) >= 11 is 0. The van der Waals surface area contributed by atoms with E-state index in [1.165, 1.54) is 6.33 Å². The molecule has 23 heavy (non-hydrogen) atoms. The molecule has 4 rings (SSSR count). The summed E-state index contributed by atoms with van der Waals surface area (Å²) in [7, 11) is 0. The summed E-state index contributed by atoms with van der Waals surface area (Å²) in [6.07, 6.45) is 1.44. The minimum atomic E-state index is -0.455. The minimum Gasteiger partial charge on any atom is -0.295 e. The highest BCUT2D eigenvalue weighted by Gasteiger charge is 2.37. The van der Waals surface area contributed by atoms with Gasteiger partial charge in [-0.3, -0.25) is 24.9 Å². The zero-order valence-electron chi connectivity index (χ0n) is 12.0. The second-order valence-electron chi connectivity index (χ2n) is 5.32. The lowest BCUT2D eigenvalue weighted by molar-refractivity contribution is -0.122. The first-order chi connectivity index (χ1) is 11.2. The second-order valence-corrected chi connectivity index (χ2v) is 5.32. The van der Waals surface area contributed by atoms with Crippen LogP contribution in [0, 0.1) is 5.92 Å². The number of anilines is 2. The average molecular weight is 311 g/mol. The molecule has 1 atom stereocenters. The summed E-state index contributed by atoms with van der Waals surface area (Å²) in [5, 5.41) is 16.8. The van der Waals surface area contributed by atoms with Gasteiger partial charge >= 0.3 is 0 Å². The van der Waals surface area contributed by atoms with Crippen molar-refractivity contribution >= 4 is 34.5 Å². The predicted octanol–water partition coefficient (Wildman–Crippen LogP) is 0.673. The number of para-hydroxylation sites is 1. The van der Waals surface area contributed by atoms with Crippen LogP contribution in [0.5, 0.6) is 0 Å². The monoisotopic (exact) mass is 311 g/mol. The van der Waals surface area contributed by atoms with Gasteiger partial charge in [0.25, 0.3) is 0 Å². The molecule has 0 aliphatic carbocycles. The summed E-state index contributed by atoms with van der Waals surface area (Å²) in [4.78, 5) is 29.9. The van der Waals surface area contributed by atoms with Crippen LogP contribution in [0.25, 0.3) is 10.9 Å². The molecule has 116 valence electrons. The maximum Gasteiger partial charge on any atom is 0.232 e. The molecule has 1 saturated heterocycles. The SMILES string of the molecule is O=C(Nc1ncn[nH]1)[C@@H]1CC(=O)N(c2n[nH]c3ccccc23)C1. The molecule has 9 nitrogen and oxygen atoms in total. The molecule has 0 unspecified atom stereocenters. The Morgan fingerprint density at radius 3 is 3.00 bits per heavy atom. The van der Waals surface area contributed by atoms with E-state index in [9.17, 15) is 9.59 Å². The molecule has 9 heteroatoms. The topological polar surface area (TPSA) is 120 Å². The first kappa shape index (κ1) is 13.4. The molecule has 2 amide bonds. The van der Waals surface area contributed by atoms with E-state index < -0.39 is 5.92 Å². The van der Waals surface area contributed by atoms with Gasteiger partial charge in [0.1, 0.15) is 6.33 Å². The van der Waals surface area contributed by atoms with Crippen LogP contribution in [0.3, 0.4) is 0 Å². The lowest BCUT2D eigenvalue weighted by Crippen LogP contribution is -2.28. The van der Waals surface area contributed by atoms with Crippen LogP contribution >= 0.6 is 0 Å². The molecule has 2 aromatic heterocycles. The summed E-state index contributed by atoms with van der Waals surface area (Å²) in [6.45, 7) is 0.285. The molecule has 3 N–H and O–H groups in total.